The molecule has 3 rings (SSSR count). The van der Waals surface area contributed by atoms with Crippen LogP contribution in [0.2, 0.25) is 0 Å². The fraction of sp³-hybridized carbons (Fsp3) is 0.269. The van der Waals surface area contributed by atoms with Crippen molar-refractivity contribution in [3.05, 3.63) is 83.9 Å². The lowest BCUT2D eigenvalue weighted by molar-refractivity contribution is -0.119. The Bertz CT molecular complexity index is 1420. The van der Waals surface area contributed by atoms with Crippen molar-refractivity contribution in [3.8, 4) is 5.75 Å². The fourth-order valence-corrected chi connectivity index (χ4v) is 5.65. The summed E-state index contributed by atoms with van der Waals surface area (Å²) in [5.74, 6) is -0.0533. The zero-order valence-corrected chi connectivity index (χ0v) is 22.8. The molecule has 37 heavy (non-hydrogen) atoms. The Morgan fingerprint density at radius 1 is 0.757 bits per heavy atom. The van der Waals surface area contributed by atoms with Crippen LogP contribution in [-0.4, -0.2) is 60.8 Å². The number of nitrogens with one attached hydrogen (secondary N) is 1. The molecule has 0 aliphatic heterocycles. The van der Waals surface area contributed by atoms with E-state index in [9.17, 15) is 21.6 Å². The summed E-state index contributed by atoms with van der Waals surface area (Å²) >= 11 is 0. The summed E-state index contributed by atoms with van der Waals surface area (Å²) in [6.07, 6.45) is 0. The van der Waals surface area contributed by atoms with Gasteiger partial charge < -0.3 is 10.1 Å². The maximum Gasteiger partial charge on any atom is 0.264 e. The number of rotatable bonds is 11. The fourth-order valence-electron chi connectivity index (χ4n) is 3.33. The molecule has 0 spiro atoms. The minimum atomic E-state index is -3.99. The largest absolute Gasteiger partial charge is 0.492 e. The number of hydrogen-bond donors (Lipinski definition) is 1. The number of carbonyl (C=O) groups is 1. The van der Waals surface area contributed by atoms with Gasteiger partial charge >= 0.3 is 0 Å². The molecule has 198 valence electrons. The first kappa shape index (κ1) is 28.2. The summed E-state index contributed by atoms with van der Waals surface area (Å²) in [6, 6.07) is 19.3. The molecule has 0 atom stereocenters. The predicted molar refractivity (Wildman–Crippen MR) is 143 cm³/mol. The number of ether oxygens (including phenoxy) is 1. The Labute approximate surface area is 218 Å². The molecule has 0 unspecified atom stereocenters. The van der Waals surface area contributed by atoms with Gasteiger partial charge in [0.2, 0.25) is 15.9 Å². The second-order valence-corrected chi connectivity index (χ2v) is 12.6. The highest BCUT2D eigenvalue weighted by Crippen LogP contribution is 2.24. The third-order valence-corrected chi connectivity index (χ3v) is 9.13. The molecule has 0 bridgehead atoms. The van der Waals surface area contributed by atoms with Crippen LogP contribution in [0.5, 0.6) is 5.75 Å². The molecule has 9 nitrogen and oxygen atoms in total. The van der Waals surface area contributed by atoms with Crippen molar-refractivity contribution in [1.82, 2.24) is 9.62 Å². The average molecular weight is 546 g/mol. The topological polar surface area (TPSA) is 113 Å². The van der Waals surface area contributed by atoms with Gasteiger partial charge in [0.05, 0.1) is 22.0 Å². The monoisotopic (exact) mass is 545 g/mol. The van der Waals surface area contributed by atoms with Gasteiger partial charge in [0.25, 0.3) is 10.0 Å². The van der Waals surface area contributed by atoms with E-state index >= 15 is 0 Å². The van der Waals surface area contributed by atoms with E-state index in [0.29, 0.717) is 11.4 Å². The van der Waals surface area contributed by atoms with Crippen LogP contribution in [0, 0.1) is 13.8 Å². The van der Waals surface area contributed by atoms with E-state index in [4.69, 9.17) is 4.74 Å². The standard InChI is InChI=1S/C26H31N3O6S2/c1-20-5-9-22(10-6-20)29(37(33,34)25-13-7-21(2)8-14-25)19-26(30)27-17-18-35-23-11-15-24(16-12-23)36(31,32)28(3)4/h5-16H,17-19H2,1-4H3,(H,27,30). The normalized spacial score (nSPS) is 11.8. The van der Waals surface area contributed by atoms with Crippen LogP contribution in [-0.2, 0) is 24.8 Å². The Morgan fingerprint density at radius 2 is 1.24 bits per heavy atom. The summed E-state index contributed by atoms with van der Waals surface area (Å²) in [5, 5.41) is 2.68. The van der Waals surface area contributed by atoms with Gasteiger partial charge in [-0.3, -0.25) is 9.10 Å². The summed E-state index contributed by atoms with van der Waals surface area (Å²) in [4.78, 5) is 12.9. The van der Waals surface area contributed by atoms with Gasteiger partial charge in [-0.15, -0.1) is 0 Å². The van der Waals surface area contributed by atoms with Crippen molar-refractivity contribution in [2.24, 2.45) is 0 Å². The molecule has 1 amide bonds. The van der Waals surface area contributed by atoms with E-state index in [1.165, 1.54) is 50.5 Å². The minimum Gasteiger partial charge on any atom is -0.492 e. The average Bonchev–Trinajstić information content (AvgIpc) is 2.86. The molecule has 0 saturated carbocycles. The van der Waals surface area contributed by atoms with Crippen LogP contribution >= 0.6 is 0 Å². The van der Waals surface area contributed by atoms with Crippen molar-refractivity contribution < 1.29 is 26.4 Å². The highest BCUT2D eigenvalue weighted by molar-refractivity contribution is 7.92. The van der Waals surface area contributed by atoms with Gasteiger partial charge in [-0.2, -0.15) is 0 Å². The zero-order chi connectivity index (χ0) is 27.2. The molecule has 0 heterocycles. The van der Waals surface area contributed by atoms with E-state index in [2.05, 4.69) is 5.32 Å². The molecular formula is C26H31N3O6S2. The minimum absolute atomic E-state index is 0.0922. The lowest BCUT2D eigenvalue weighted by Crippen LogP contribution is -2.41. The van der Waals surface area contributed by atoms with Gasteiger partial charge in [-0.05, 0) is 62.4 Å². The quantitative estimate of drug-likeness (QED) is 0.371. The Balaban J connectivity index is 1.64. The van der Waals surface area contributed by atoms with Crippen LogP contribution in [0.25, 0.3) is 0 Å². The van der Waals surface area contributed by atoms with E-state index in [-0.39, 0.29) is 22.9 Å². The number of amides is 1. The molecule has 11 heteroatoms. The van der Waals surface area contributed by atoms with Gasteiger partial charge in [0.1, 0.15) is 18.9 Å². The lowest BCUT2D eigenvalue weighted by Gasteiger charge is -2.24. The van der Waals surface area contributed by atoms with Crippen LogP contribution in [0.4, 0.5) is 5.69 Å². The Kier molecular flexibility index (Phi) is 8.95. The molecule has 0 aromatic heterocycles. The molecule has 3 aromatic carbocycles. The number of sulfonamides is 2. The molecule has 3 aromatic rings. The predicted octanol–water partition coefficient (Wildman–Crippen LogP) is 2.94. The number of carbonyl (C=O) groups excluding carboxylic acids is 1. The first-order valence-corrected chi connectivity index (χ1v) is 14.4. The molecule has 1 N–H and O–H groups in total. The van der Waals surface area contributed by atoms with Crippen LogP contribution in [0.15, 0.2) is 82.6 Å². The summed E-state index contributed by atoms with van der Waals surface area (Å²) < 4.78 is 58.9. The third-order valence-electron chi connectivity index (χ3n) is 5.51. The summed E-state index contributed by atoms with van der Waals surface area (Å²) in [5.41, 5.74) is 2.27. The maximum atomic E-state index is 13.4. The Hall–Kier alpha value is -3.41. The number of anilines is 1. The van der Waals surface area contributed by atoms with Crippen LogP contribution in [0.3, 0.4) is 0 Å². The van der Waals surface area contributed by atoms with Gasteiger partial charge in [0, 0.05) is 14.1 Å². The van der Waals surface area contributed by atoms with E-state index in [1.807, 2.05) is 13.8 Å². The Morgan fingerprint density at radius 3 is 1.78 bits per heavy atom. The summed E-state index contributed by atoms with van der Waals surface area (Å²) in [7, 11) is -4.61. The van der Waals surface area contributed by atoms with Crippen molar-refractivity contribution in [1.29, 1.82) is 0 Å². The number of nitrogens with zero attached hydrogens (tertiary/aromatic N) is 2. The number of hydrogen-bond acceptors (Lipinski definition) is 6. The van der Waals surface area contributed by atoms with E-state index in [1.54, 1.807) is 36.4 Å². The molecule has 0 saturated heterocycles. The van der Waals surface area contributed by atoms with Gasteiger partial charge in [-0.25, -0.2) is 21.1 Å². The molecule has 0 radical (unpaired) electrons. The smallest absolute Gasteiger partial charge is 0.264 e. The van der Waals surface area contributed by atoms with Crippen LogP contribution in [0.1, 0.15) is 11.1 Å². The molecule has 0 fully saturated rings. The van der Waals surface area contributed by atoms with Crippen molar-refractivity contribution in [2.45, 2.75) is 23.6 Å². The number of benzene rings is 3. The van der Waals surface area contributed by atoms with Gasteiger partial charge in [-0.1, -0.05) is 35.4 Å². The maximum absolute atomic E-state index is 13.4. The third kappa shape index (κ3) is 7.09. The van der Waals surface area contributed by atoms with Crippen molar-refractivity contribution >= 4 is 31.6 Å². The highest BCUT2D eigenvalue weighted by Gasteiger charge is 2.27. The molecular weight excluding hydrogens is 514 g/mol. The van der Waals surface area contributed by atoms with Gasteiger partial charge in [0.15, 0.2) is 0 Å². The number of aryl methyl sites for hydroxylation is 2. The molecule has 0 aliphatic carbocycles. The SMILES string of the molecule is Cc1ccc(N(CC(=O)NCCOc2ccc(S(=O)(=O)N(C)C)cc2)S(=O)(=O)c2ccc(C)cc2)cc1. The highest BCUT2D eigenvalue weighted by atomic mass is 32.2. The van der Waals surface area contributed by atoms with E-state index < -0.39 is 32.5 Å². The molecule has 0 aliphatic rings. The lowest BCUT2D eigenvalue weighted by atomic mass is 10.2. The summed E-state index contributed by atoms with van der Waals surface area (Å²) in [6.45, 7) is 3.59. The first-order chi connectivity index (χ1) is 17.4. The second-order valence-electron chi connectivity index (χ2n) is 8.62. The second kappa shape index (κ2) is 11.8. The van der Waals surface area contributed by atoms with E-state index in [0.717, 1.165) is 19.7 Å². The zero-order valence-electron chi connectivity index (χ0n) is 21.2. The van der Waals surface area contributed by atoms with Crippen molar-refractivity contribution in [2.75, 3.05) is 38.1 Å². The van der Waals surface area contributed by atoms with Crippen molar-refractivity contribution in [3.63, 3.8) is 0 Å². The first-order valence-electron chi connectivity index (χ1n) is 11.5. The van der Waals surface area contributed by atoms with Crippen LogP contribution < -0.4 is 14.4 Å².